The van der Waals surface area contributed by atoms with Crippen molar-refractivity contribution in [1.29, 1.82) is 0 Å². The standard InChI is InChI=1S/C11H11N3O4S/c1-13-7-6-12-11(13)19(17,18)8-9-2-4-10(5-3-9)14(15)16/h2-7H,8H2,1H3. The van der Waals surface area contributed by atoms with Crippen molar-refractivity contribution in [3.63, 3.8) is 0 Å². The maximum atomic E-state index is 12.1. The van der Waals surface area contributed by atoms with Crippen molar-refractivity contribution in [2.24, 2.45) is 7.05 Å². The first-order valence-corrected chi connectivity index (χ1v) is 6.99. The Morgan fingerprint density at radius 3 is 2.42 bits per heavy atom. The Morgan fingerprint density at radius 2 is 1.95 bits per heavy atom. The normalized spacial score (nSPS) is 11.4. The van der Waals surface area contributed by atoms with Crippen LogP contribution in [0.15, 0.2) is 41.8 Å². The van der Waals surface area contributed by atoms with Gasteiger partial charge in [0.1, 0.15) is 0 Å². The average Bonchev–Trinajstić information content (AvgIpc) is 2.76. The lowest BCUT2D eigenvalue weighted by atomic mass is 10.2. The van der Waals surface area contributed by atoms with Crippen molar-refractivity contribution in [3.8, 4) is 0 Å². The van der Waals surface area contributed by atoms with Gasteiger partial charge in [-0.15, -0.1) is 0 Å². The van der Waals surface area contributed by atoms with Crippen LogP contribution in [0.1, 0.15) is 5.56 Å². The third-order valence-electron chi connectivity index (χ3n) is 2.56. The third-order valence-corrected chi connectivity index (χ3v) is 4.22. The number of nitrogens with zero attached hydrogens (tertiary/aromatic N) is 3. The molecule has 1 aromatic heterocycles. The fourth-order valence-electron chi connectivity index (χ4n) is 1.65. The lowest BCUT2D eigenvalue weighted by molar-refractivity contribution is -0.384. The first-order chi connectivity index (χ1) is 8.90. The molecule has 100 valence electrons. The zero-order chi connectivity index (χ0) is 14.0. The highest BCUT2D eigenvalue weighted by molar-refractivity contribution is 7.90. The Bertz CT molecular complexity index is 704. The summed E-state index contributed by atoms with van der Waals surface area (Å²) in [5.41, 5.74) is 0.409. The number of hydrogen-bond acceptors (Lipinski definition) is 5. The van der Waals surface area contributed by atoms with Gasteiger partial charge in [0.05, 0.1) is 10.7 Å². The number of aromatic nitrogens is 2. The molecule has 0 atom stereocenters. The summed E-state index contributed by atoms with van der Waals surface area (Å²) < 4.78 is 25.6. The van der Waals surface area contributed by atoms with E-state index in [1.165, 1.54) is 35.0 Å². The molecule has 1 heterocycles. The molecule has 0 spiro atoms. The van der Waals surface area contributed by atoms with Crippen molar-refractivity contribution in [2.45, 2.75) is 10.9 Å². The Labute approximate surface area is 109 Å². The molecule has 19 heavy (non-hydrogen) atoms. The Kier molecular flexibility index (Phi) is 3.34. The predicted molar refractivity (Wildman–Crippen MR) is 67.2 cm³/mol. The lowest BCUT2D eigenvalue weighted by Crippen LogP contribution is -2.10. The van der Waals surface area contributed by atoms with Crippen LogP contribution in [0.3, 0.4) is 0 Å². The van der Waals surface area contributed by atoms with E-state index in [1.54, 1.807) is 13.2 Å². The number of rotatable bonds is 4. The maximum Gasteiger partial charge on any atom is 0.269 e. The molecule has 2 rings (SSSR count). The number of benzene rings is 1. The lowest BCUT2D eigenvalue weighted by Gasteiger charge is -2.04. The molecular weight excluding hydrogens is 270 g/mol. The SMILES string of the molecule is Cn1ccnc1S(=O)(=O)Cc1ccc([N+](=O)[O-])cc1. The summed E-state index contributed by atoms with van der Waals surface area (Å²) in [5.74, 6) is -0.240. The number of aryl methyl sites for hydroxylation is 1. The van der Waals surface area contributed by atoms with Gasteiger partial charge in [0.15, 0.2) is 0 Å². The van der Waals surface area contributed by atoms with Crippen LogP contribution in [0.5, 0.6) is 0 Å². The fraction of sp³-hybridized carbons (Fsp3) is 0.182. The van der Waals surface area contributed by atoms with Crippen LogP contribution in [0.25, 0.3) is 0 Å². The van der Waals surface area contributed by atoms with Gasteiger partial charge in [-0.3, -0.25) is 10.1 Å². The molecule has 0 N–H and O–H groups in total. The Morgan fingerprint density at radius 1 is 1.32 bits per heavy atom. The van der Waals surface area contributed by atoms with Crippen LogP contribution in [0.2, 0.25) is 0 Å². The van der Waals surface area contributed by atoms with E-state index in [0.29, 0.717) is 5.56 Å². The molecule has 0 saturated carbocycles. The predicted octanol–water partition coefficient (Wildman–Crippen LogP) is 1.30. The van der Waals surface area contributed by atoms with E-state index < -0.39 is 14.8 Å². The van der Waals surface area contributed by atoms with E-state index >= 15 is 0 Å². The Balaban J connectivity index is 2.26. The van der Waals surface area contributed by atoms with E-state index in [0.717, 1.165) is 0 Å². The number of hydrogen-bond donors (Lipinski definition) is 0. The number of nitro benzene ring substituents is 1. The van der Waals surface area contributed by atoms with Crippen LogP contribution in [-0.4, -0.2) is 22.9 Å². The molecule has 2 aromatic rings. The van der Waals surface area contributed by atoms with Crippen molar-refractivity contribution >= 4 is 15.5 Å². The van der Waals surface area contributed by atoms with Gasteiger partial charge in [0, 0.05) is 31.6 Å². The molecule has 0 saturated heterocycles. The summed E-state index contributed by atoms with van der Waals surface area (Å²) in [4.78, 5) is 13.8. The highest BCUT2D eigenvalue weighted by Crippen LogP contribution is 2.17. The van der Waals surface area contributed by atoms with Gasteiger partial charge in [0.25, 0.3) is 5.69 Å². The zero-order valence-corrected chi connectivity index (χ0v) is 10.9. The second-order valence-corrected chi connectivity index (χ2v) is 5.89. The summed E-state index contributed by atoms with van der Waals surface area (Å²) in [7, 11) is -1.96. The summed E-state index contributed by atoms with van der Waals surface area (Å²) in [5, 5.41) is 10.5. The fourth-order valence-corrected chi connectivity index (χ4v) is 3.13. The smallest absolute Gasteiger partial charge is 0.269 e. The number of sulfone groups is 1. The second-order valence-electron chi connectivity index (χ2n) is 4.00. The van der Waals surface area contributed by atoms with E-state index in [4.69, 9.17) is 0 Å². The summed E-state index contributed by atoms with van der Waals surface area (Å²) in [6.45, 7) is 0. The summed E-state index contributed by atoms with van der Waals surface area (Å²) >= 11 is 0. The second kappa shape index (κ2) is 4.81. The maximum absolute atomic E-state index is 12.1. The van der Waals surface area contributed by atoms with Crippen molar-refractivity contribution in [2.75, 3.05) is 0 Å². The number of nitro groups is 1. The van der Waals surface area contributed by atoms with Gasteiger partial charge in [-0.25, -0.2) is 13.4 Å². The van der Waals surface area contributed by atoms with Crippen LogP contribution in [0, 0.1) is 10.1 Å². The first kappa shape index (κ1) is 13.2. The molecule has 1 aromatic carbocycles. The van der Waals surface area contributed by atoms with Gasteiger partial charge in [0.2, 0.25) is 15.0 Å². The molecular formula is C11H11N3O4S. The molecule has 8 heteroatoms. The quantitative estimate of drug-likeness (QED) is 0.621. The van der Waals surface area contributed by atoms with Crippen molar-refractivity contribution in [1.82, 2.24) is 9.55 Å². The van der Waals surface area contributed by atoms with Gasteiger partial charge in [-0.05, 0) is 5.56 Å². The molecule has 0 unspecified atom stereocenters. The van der Waals surface area contributed by atoms with Crippen molar-refractivity contribution < 1.29 is 13.3 Å². The van der Waals surface area contributed by atoms with Gasteiger partial charge < -0.3 is 4.57 Å². The van der Waals surface area contributed by atoms with E-state index in [1.807, 2.05) is 0 Å². The highest BCUT2D eigenvalue weighted by Gasteiger charge is 2.20. The molecule has 0 amide bonds. The zero-order valence-electron chi connectivity index (χ0n) is 10.1. The van der Waals surface area contributed by atoms with Crippen LogP contribution in [-0.2, 0) is 22.6 Å². The topological polar surface area (TPSA) is 95.1 Å². The van der Waals surface area contributed by atoms with Crippen molar-refractivity contribution in [3.05, 3.63) is 52.3 Å². The summed E-state index contributed by atoms with van der Waals surface area (Å²) in [6.07, 6.45) is 2.95. The molecule has 0 aliphatic heterocycles. The minimum absolute atomic E-state index is 0.0224. The third kappa shape index (κ3) is 2.79. The molecule has 7 nitrogen and oxygen atoms in total. The van der Waals surface area contributed by atoms with E-state index in [2.05, 4.69) is 4.98 Å². The van der Waals surface area contributed by atoms with Crippen LogP contribution >= 0.6 is 0 Å². The van der Waals surface area contributed by atoms with Crippen LogP contribution < -0.4 is 0 Å². The molecule has 0 fully saturated rings. The van der Waals surface area contributed by atoms with Gasteiger partial charge >= 0.3 is 0 Å². The van der Waals surface area contributed by atoms with E-state index in [9.17, 15) is 18.5 Å². The van der Waals surface area contributed by atoms with Crippen LogP contribution in [0.4, 0.5) is 5.69 Å². The average molecular weight is 281 g/mol. The number of non-ortho nitro benzene ring substituents is 1. The molecule has 0 aliphatic rings. The van der Waals surface area contributed by atoms with E-state index in [-0.39, 0.29) is 16.6 Å². The molecule has 0 radical (unpaired) electrons. The summed E-state index contributed by atoms with van der Waals surface area (Å²) in [6, 6.07) is 5.42. The minimum Gasteiger partial charge on any atom is -0.325 e. The molecule has 0 aliphatic carbocycles. The first-order valence-electron chi connectivity index (χ1n) is 5.33. The van der Waals surface area contributed by atoms with Gasteiger partial charge in [-0.2, -0.15) is 0 Å². The monoisotopic (exact) mass is 281 g/mol. The highest BCUT2D eigenvalue weighted by atomic mass is 32.2. The number of imidazole rings is 1. The largest absolute Gasteiger partial charge is 0.325 e. The Hall–Kier alpha value is -2.22. The molecule has 0 bridgehead atoms. The van der Waals surface area contributed by atoms with Gasteiger partial charge in [-0.1, -0.05) is 12.1 Å². The minimum atomic E-state index is -3.55.